The Kier molecular flexibility index (Phi) is 9.11. The largest absolute Gasteiger partial charge is 0.448 e. The minimum Gasteiger partial charge on any atom is -0.448 e. The Balaban J connectivity index is 1.30. The lowest BCUT2D eigenvalue weighted by atomic mass is 9.93. The van der Waals surface area contributed by atoms with E-state index in [0.717, 1.165) is 25.9 Å². The third-order valence-corrected chi connectivity index (χ3v) is 10.6. The Hall–Kier alpha value is -2.20. The van der Waals surface area contributed by atoms with Crippen molar-refractivity contribution in [2.45, 2.75) is 74.4 Å². The molecule has 3 fully saturated rings. The molecule has 0 radical (unpaired) electrons. The van der Waals surface area contributed by atoms with Crippen LogP contribution in [0.25, 0.3) is 0 Å². The number of halogens is 2. The first kappa shape index (κ1) is 28.3. The van der Waals surface area contributed by atoms with Crippen molar-refractivity contribution in [3.63, 3.8) is 0 Å². The summed E-state index contributed by atoms with van der Waals surface area (Å²) in [6, 6.07) is 11.4. The lowest BCUT2D eigenvalue weighted by Crippen LogP contribution is -2.50. The van der Waals surface area contributed by atoms with Gasteiger partial charge in [-0.15, -0.1) is 0 Å². The molecule has 3 aliphatic rings. The summed E-state index contributed by atoms with van der Waals surface area (Å²) in [7, 11) is -4.04. The average molecular weight is 578 g/mol. The van der Waals surface area contributed by atoms with Gasteiger partial charge in [0.05, 0.1) is 17.0 Å². The van der Waals surface area contributed by atoms with Gasteiger partial charge in [0.15, 0.2) is 0 Å². The Labute approximate surface area is 235 Å². The average Bonchev–Trinajstić information content (AvgIpc) is 2.96. The quantitative estimate of drug-likeness (QED) is 0.431. The molecule has 39 heavy (non-hydrogen) atoms. The van der Waals surface area contributed by atoms with Crippen LogP contribution in [-0.4, -0.2) is 73.5 Å². The molecule has 0 unspecified atom stereocenters. The third-order valence-electron chi connectivity index (χ3n) is 8.36. The van der Waals surface area contributed by atoms with Gasteiger partial charge in [0.2, 0.25) is 10.0 Å². The van der Waals surface area contributed by atoms with Gasteiger partial charge in [-0.05, 0) is 88.4 Å². The van der Waals surface area contributed by atoms with Crippen LogP contribution in [0.3, 0.4) is 0 Å². The maximum Gasteiger partial charge on any atom is 0.409 e. The van der Waals surface area contributed by atoms with Crippen LogP contribution in [-0.2, 0) is 14.8 Å². The summed E-state index contributed by atoms with van der Waals surface area (Å²) in [5, 5.41) is 0.424. The molecule has 0 aliphatic carbocycles. The number of piperidine rings is 3. The molecule has 3 saturated heterocycles. The molecule has 3 heterocycles. The highest BCUT2D eigenvalue weighted by Gasteiger charge is 2.42. The van der Waals surface area contributed by atoms with Crippen molar-refractivity contribution >= 4 is 27.7 Å². The van der Waals surface area contributed by atoms with E-state index in [2.05, 4.69) is 4.90 Å². The van der Waals surface area contributed by atoms with E-state index in [9.17, 15) is 17.6 Å². The van der Waals surface area contributed by atoms with Gasteiger partial charge in [0.1, 0.15) is 12.4 Å². The zero-order valence-corrected chi connectivity index (χ0v) is 23.8. The molecule has 0 bridgehead atoms. The highest BCUT2D eigenvalue weighted by molar-refractivity contribution is 7.89. The molecule has 0 N–H and O–H groups in total. The van der Waals surface area contributed by atoms with Crippen molar-refractivity contribution in [1.29, 1.82) is 0 Å². The summed E-state index contributed by atoms with van der Waals surface area (Å²) in [5.74, 6) is -0.451. The number of sulfonamides is 1. The molecule has 2 atom stereocenters. The molecule has 0 saturated carbocycles. The Bertz CT molecular complexity index is 1230. The smallest absolute Gasteiger partial charge is 0.409 e. The van der Waals surface area contributed by atoms with Crippen LogP contribution in [0.5, 0.6) is 0 Å². The number of benzene rings is 2. The summed E-state index contributed by atoms with van der Waals surface area (Å²) in [6.07, 6.45) is 6.89. The lowest BCUT2D eigenvalue weighted by molar-refractivity contribution is 0.0446. The van der Waals surface area contributed by atoms with E-state index in [1.807, 2.05) is 0 Å². The molecule has 2 aromatic rings. The van der Waals surface area contributed by atoms with Gasteiger partial charge < -0.3 is 14.5 Å². The van der Waals surface area contributed by atoms with E-state index in [4.69, 9.17) is 16.3 Å². The van der Waals surface area contributed by atoms with Crippen LogP contribution in [0.1, 0.15) is 63.0 Å². The molecule has 0 spiro atoms. The van der Waals surface area contributed by atoms with Crippen LogP contribution in [0.4, 0.5) is 9.18 Å². The van der Waals surface area contributed by atoms with E-state index >= 15 is 0 Å². The zero-order chi connectivity index (χ0) is 27.4. The van der Waals surface area contributed by atoms with Crippen LogP contribution >= 0.6 is 11.6 Å². The Morgan fingerprint density at radius 2 is 1.59 bits per heavy atom. The maximum atomic E-state index is 14.9. The van der Waals surface area contributed by atoms with Crippen LogP contribution in [0.15, 0.2) is 53.4 Å². The van der Waals surface area contributed by atoms with Gasteiger partial charge in [-0.1, -0.05) is 36.2 Å². The zero-order valence-electron chi connectivity index (χ0n) is 22.2. The van der Waals surface area contributed by atoms with E-state index in [1.165, 1.54) is 53.9 Å². The van der Waals surface area contributed by atoms with Crippen molar-refractivity contribution in [2.24, 2.45) is 0 Å². The molecule has 212 valence electrons. The Morgan fingerprint density at radius 3 is 2.28 bits per heavy atom. The molecule has 0 aromatic heterocycles. The first-order chi connectivity index (χ1) is 18.8. The number of likely N-dealkylation sites (tertiary alicyclic amines) is 2. The second-order valence-electron chi connectivity index (χ2n) is 10.8. The van der Waals surface area contributed by atoms with E-state index in [0.29, 0.717) is 49.0 Å². The fraction of sp³-hybridized carbons (Fsp3) is 0.552. The van der Waals surface area contributed by atoms with E-state index in [1.54, 1.807) is 23.1 Å². The number of hydrogen-bond acceptors (Lipinski definition) is 5. The fourth-order valence-electron chi connectivity index (χ4n) is 6.30. The van der Waals surface area contributed by atoms with Crippen molar-refractivity contribution in [3.8, 4) is 0 Å². The van der Waals surface area contributed by atoms with Gasteiger partial charge in [-0.3, -0.25) is 0 Å². The summed E-state index contributed by atoms with van der Waals surface area (Å²) in [4.78, 5) is 17.4. The standard InChI is InChI=1S/C29H37ClFN3O4S/c30-22-11-13-25(14-12-22)39(36,37)34-24(7-6-10-28(34)26-8-2-3-9-27(26)31)21-38-29(35)33-19-15-23(16-20-33)32-17-4-1-5-18-32/h2-3,8-9,11-14,23-24,28H,1,4-7,10,15-21H2/t24-,28+/m1/s1. The normalized spacial score (nSPS) is 24.0. The molecule has 1 amide bonds. The number of amides is 1. The lowest BCUT2D eigenvalue weighted by Gasteiger charge is -2.42. The van der Waals surface area contributed by atoms with Crippen molar-refractivity contribution < 1.29 is 22.3 Å². The number of carbonyl (C=O) groups is 1. The third kappa shape index (κ3) is 6.42. The summed E-state index contributed by atoms with van der Waals surface area (Å²) in [5.41, 5.74) is 0.325. The number of ether oxygens (including phenoxy) is 1. The van der Waals surface area contributed by atoms with Crippen LogP contribution in [0.2, 0.25) is 5.02 Å². The second kappa shape index (κ2) is 12.5. The van der Waals surface area contributed by atoms with Gasteiger partial charge in [0, 0.05) is 29.7 Å². The SMILES string of the molecule is O=C(OC[C@H]1CCC[C@@H](c2ccccc2F)N1S(=O)(=O)c1ccc(Cl)cc1)N1CCC(N2CCCCC2)CC1. The first-order valence-electron chi connectivity index (χ1n) is 14.0. The fourth-order valence-corrected chi connectivity index (χ4v) is 8.26. The van der Waals surface area contributed by atoms with Gasteiger partial charge in [-0.2, -0.15) is 4.31 Å². The maximum absolute atomic E-state index is 14.9. The highest BCUT2D eigenvalue weighted by Crippen LogP contribution is 2.40. The first-order valence-corrected chi connectivity index (χ1v) is 15.9. The number of rotatable bonds is 6. The minimum atomic E-state index is -4.04. The molecule has 2 aromatic carbocycles. The van der Waals surface area contributed by atoms with Crippen molar-refractivity contribution in [2.75, 3.05) is 32.8 Å². The van der Waals surface area contributed by atoms with Crippen LogP contribution < -0.4 is 0 Å². The number of nitrogens with zero attached hydrogens (tertiary/aromatic N) is 3. The molecule has 10 heteroatoms. The minimum absolute atomic E-state index is 0.0752. The molecular formula is C29H37ClFN3O4S. The number of hydrogen-bond donors (Lipinski definition) is 0. The summed E-state index contributed by atoms with van der Waals surface area (Å²) < 4.78 is 49.9. The predicted molar refractivity (Wildman–Crippen MR) is 149 cm³/mol. The number of carbonyl (C=O) groups excluding carboxylic acids is 1. The van der Waals surface area contributed by atoms with Gasteiger partial charge in [0.25, 0.3) is 0 Å². The molecule has 5 rings (SSSR count). The van der Waals surface area contributed by atoms with Crippen molar-refractivity contribution in [1.82, 2.24) is 14.1 Å². The topological polar surface area (TPSA) is 70.2 Å². The van der Waals surface area contributed by atoms with Crippen molar-refractivity contribution in [3.05, 3.63) is 64.9 Å². The summed E-state index contributed by atoms with van der Waals surface area (Å²) >= 11 is 6.01. The predicted octanol–water partition coefficient (Wildman–Crippen LogP) is 5.85. The molecule has 7 nitrogen and oxygen atoms in total. The highest BCUT2D eigenvalue weighted by atomic mass is 35.5. The summed E-state index contributed by atoms with van der Waals surface area (Å²) in [6.45, 7) is 3.46. The Morgan fingerprint density at radius 1 is 0.897 bits per heavy atom. The molecular weight excluding hydrogens is 541 g/mol. The van der Waals surface area contributed by atoms with Crippen LogP contribution in [0, 0.1) is 5.82 Å². The van der Waals surface area contributed by atoms with Gasteiger partial charge >= 0.3 is 6.09 Å². The van der Waals surface area contributed by atoms with E-state index in [-0.39, 0.29) is 11.5 Å². The second-order valence-corrected chi connectivity index (χ2v) is 13.1. The molecule has 3 aliphatic heterocycles. The van der Waals surface area contributed by atoms with Gasteiger partial charge in [-0.25, -0.2) is 17.6 Å². The van der Waals surface area contributed by atoms with E-state index < -0.39 is 34.0 Å². The monoisotopic (exact) mass is 577 g/mol.